The molecule has 2 heterocycles. The van der Waals surface area contributed by atoms with Crippen molar-refractivity contribution >= 4 is 17.3 Å². The van der Waals surface area contributed by atoms with Crippen molar-refractivity contribution in [3.05, 3.63) is 16.6 Å². The van der Waals surface area contributed by atoms with Crippen LogP contribution in [0.15, 0.2) is 11.6 Å². The minimum Gasteiger partial charge on any atom is -0.481 e. The van der Waals surface area contributed by atoms with Crippen LogP contribution in [-0.2, 0) is 4.79 Å². The average Bonchev–Trinajstić information content (AvgIpc) is 2.84. The number of hydrogen-bond acceptors (Lipinski definition) is 4. The minimum absolute atomic E-state index is 0.293. The van der Waals surface area contributed by atoms with Gasteiger partial charge in [-0.1, -0.05) is 0 Å². The topological polar surface area (TPSA) is 53.4 Å². The molecule has 2 atom stereocenters. The molecular formula is C11H16N2O2S. The number of thiazole rings is 1. The monoisotopic (exact) mass is 240 g/mol. The molecule has 0 bridgehead atoms. The van der Waals surface area contributed by atoms with Gasteiger partial charge in [0.2, 0.25) is 0 Å². The van der Waals surface area contributed by atoms with E-state index in [1.165, 1.54) is 0 Å². The van der Waals surface area contributed by atoms with Gasteiger partial charge in [-0.15, -0.1) is 11.3 Å². The molecule has 1 aliphatic rings. The number of carboxylic acid groups (broad SMARTS) is 1. The van der Waals surface area contributed by atoms with Crippen LogP contribution in [0.5, 0.6) is 0 Å². The predicted octanol–water partition coefficient (Wildman–Crippen LogP) is 2.00. The van der Waals surface area contributed by atoms with Gasteiger partial charge < -0.3 is 5.11 Å². The fraction of sp³-hybridized carbons (Fsp3) is 0.636. The first-order valence-electron chi connectivity index (χ1n) is 5.52. The molecule has 2 unspecified atom stereocenters. The van der Waals surface area contributed by atoms with E-state index < -0.39 is 5.97 Å². The molecule has 1 aromatic heterocycles. The van der Waals surface area contributed by atoms with Gasteiger partial charge in [-0.05, 0) is 25.8 Å². The van der Waals surface area contributed by atoms with Gasteiger partial charge >= 0.3 is 5.97 Å². The van der Waals surface area contributed by atoms with E-state index in [1.807, 2.05) is 11.6 Å². The van der Waals surface area contributed by atoms with E-state index in [1.54, 1.807) is 11.3 Å². The lowest BCUT2D eigenvalue weighted by Crippen LogP contribution is -2.24. The minimum atomic E-state index is -0.686. The van der Waals surface area contributed by atoms with Crippen LogP contribution in [0.2, 0.25) is 0 Å². The van der Waals surface area contributed by atoms with Gasteiger partial charge in [0.25, 0.3) is 0 Å². The lowest BCUT2D eigenvalue weighted by molar-refractivity contribution is -0.138. The molecule has 1 N–H and O–H groups in total. The molecule has 0 aliphatic carbocycles. The number of hydrogen-bond donors (Lipinski definition) is 1. The van der Waals surface area contributed by atoms with Crippen molar-refractivity contribution in [1.82, 2.24) is 9.88 Å². The highest BCUT2D eigenvalue weighted by molar-refractivity contribution is 7.09. The maximum atomic E-state index is 10.6. The predicted molar refractivity (Wildman–Crippen MR) is 62.5 cm³/mol. The van der Waals surface area contributed by atoms with Gasteiger partial charge in [0.05, 0.1) is 6.04 Å². The Morgan fingerprint density at radius 2 is 2.62 bits per heavy atom. The Balaban J connectivity index is 1.91. The number of aromatic nitrogens is 1. The molecule has 0 amide bonds. The van der Waals surface area contributed by atoms with Gasteiger partial charge in [0.1, 0.15) is 5.01 Å². The number of carboxylic acids is 1. The summed E-state index contributed by atoms with van der Waals surface area (Å²) in [6.07, 6.45) is 3.10. The Kier molecular flexibility index (Phi) is 3.56. The van der Waals surface area contributed by atoms with Crippen molar-refractivity contribution < 1.29 is 9.90 Å². The van der Waals surface area contributed by atoms with Crippen LogP contribution in [0, 0.1) is 5.92 Å². The highest BCUT2D eigenvalue weighted by atomic mass is 32.1. The van der Waals surface area contributed by atoms with Crippen LogP contribution in [0.4, 0.5) is 0 Å². The number of likely N-dealkylation sites (tertiary alicyclic amines) is 1. The Morgan fingerprint density at radius 1 is 1.81 bits per heavy atom. The highest BCUT2D eigenvalue weighted by Gasteiger charge is 2.28. The molecule has 0 radical (unpaired) electrons. The summed E-state index contributed by atoms with van der Waals surface area (Å²) in [5, 5.41) is 11.9. The van der Waals surface area contributed by atoms with Crippen LogP contribution >= 0.6 is 11.3 Å². The third-order valence-electron chi connectivity index (χ3n) is 3.14. The summed E-state index contributed by atoms with van der Waals surface area (Å²) in [5.74, 6) is -0.381. The van der Waals surface area contributed by atoms with Crippen molar-refractivity contribution in [2.45, 2.75) is 25.8 Å². The fourth-order valence-corrected chi connectivity index (χ4v) is 2.95. The molecule has 1 aromatic rings. The van der Waals surface area contributed by atoms with E-state index >= 15 is 0 Å². The molecule has 4 nitrogen and oxygen atoms in total. The second-order valence-corrected chi connectivity index (χ2v) is 5.22. The Bertz CT molecular complexity index is 353. The highest BCUT2D eigenvalue weighted by Crippen LogP contribution is 2.29. The van der Waals surface area contributed by atoms with Gasteiger partial charge in [0.15, 0.2) is 0 Å². The van der Waals surface area contributed by atoms with E-state index in [2.05, 4.69) is 16.8 Å². The number of rotatable bonds is 4. The lowest BCUT2D eigenvalue weighted by atomic mass is 10.1. The summed E-state index contributed by atoms with van der Waals surface area (Å²) in [6.45, 7) is 4.01. The van der Waals surface area contributed by atoms with E-state index in [4.69, 9.17) is 5.11 Å². The average molecular weight is 240 g/mol. The van der Waals surface area contributed by atoms with Crippen LogP contribution in [0.1, 0.15) is 30.8 Å². The Labute approximate surface area is 98.9 Å². The van der Waals surface area contributed by atoms with Gasteiger partial charge in [0, 0.05) is 24.5 Å². The fourth-order valence-electron chi connectivity index (χ4n) is 2.22. The van der Waals surface area contributed by atoms with Crippen molar-refractivity contribution in [1.29, 1.82) is 0 Å². The van der Waals surface area contributed by atoms with E-state index in [-0.39, 0.29) is 0 Å². The van der Waals surface area contributed by atoms with Crippen LogP contribution in [-0.4, -0.2) is 34.0 Å². The van der Waals surface area contributed by atoms with Crippen molar-refractivity contribution in [2.75, 3.05) is 13.1 Å². The van der Waals surface area contributed by atoms with E-state index in [0.717, 1.165) is 24.5 Å². The number of aliphatic carboxylic acids is 1. The maximum absolute atomic E-state index is 10.6. The molecule has 0 saturated carbocycles. The second kappa shape index (κ2) is 4.93. The zero-order valence-corrected chi connectivity index (χ0v) is 10.1. The summed E-state index contributed by atoms with van der Waals surface area (Å²) in [6, 6.07) is 0.318. The Morgan fingerprint density at radius 3 is 3.25 bits per heavy atom. The molecular weight excluding hydrogens is 224 g/mol. The van der Waals surface area contributed by atoms with Gasteiger partial charge in [-0.2, -0.15) is 0 Å². The van der Waals surface area contributed by atoms with Crippen LogP contribution < -0.4 is 0 Å². The van der Waals surface area contributed by atoms with Crippen molar-refractivity contribution in [2.24, 2.45) is 5.92 Å². The molecule has 0 spiro atoms. The van der Waals surface area contributed by atoms with E-state index in [0.29, 0.717) is 18.4 Å². The first-order valence-corrected chi connectivity index (χ1v) is 6.40. The number of nitrogens with zero attached hydrogens (tertiary/aromatic N) is 2. The second-order valence-electron chi connectivity index (χ2n) is 4.29. The number of carbonyl (C=O) groups is 1. The molecule has 2 rings (SSSR count). The normalized spacial score (nSPS) is 23.4. The smallest absolute Gasteiger partial charge is 0.303 e. The van der Waals surface area contributed by atoms with Gasteiger partial charge in [-0.25, -0.2) is 4.98 Å². The molecule has 1 fully saturated rings. The molecule has 88 valence electrons. The standard InChI is InChI=1S/C11H16N2O2S/c1-8(11-12-3-5-16-11)13-4-2-9(7-13)6-10(14)15/h3,5,8-9H,2,4,6-7H2,1H3,(H,14,15). The maximum Gasteiger partial charge on any atom is 0.303 e. The summed E-state index contributed by atoms with van der Waals surface area (Å²) in [7, 11) is 0. The first kappa shape index (κ1) is 11.5. The van der Waals surface area contributed by atoms with Crippen molar-refractivity contribution in [3.8, 4) is 0 Å². The largest absolute Gasteiger partial charge is 0.481 e. The van der Waals surface area contributed by atoms with Crippen LogP contribution in [0.3, 0.4) is 0 Å². The quantitative estimate of drug-likeness (QED) is 0.874. The summed E-state index contributed by atoms with van der Waals surface area (Å²) in [4.78, 5) is 17.3. The third kappa shape index (κ3) is 2.59. The molecule has 1 saturated heterocycles. The summed E-state index contributed by atoms with van der Waals surface area (Å²) < 4.78 is 0. The van der Waals surface area contributed by atoms with E-state index in [9.17, 15) is 4.79 Å². The molecule has 5 heteroatoms. The zero-order valence-electron chi connectivity index (χ0n) is 9.30. The molecule has 0 aromatic carbocycles. The van der Waals surface area contributed by atoms with Crippen LogP contribution in [0.25, 0.3) is 0 Å². The molecule has 1 aliphatic heterocycles. The first-order chi connectivity index (χ1) is 7.66. The zero-order chi connectivity index (χ0) is 11.5. The lowest BCUT2D eigenvalue weighted by Gasteiger charge is -2.22. The van der Waals surface area contributed by atoms with Gasteiger partial charge in [-0.3, -0.25) is 9.69 Å². The molecule has 16 heavy (non-hydrogen) atoms. The summed E-state index contributed by atoms with van der Waals surface area (Å²) >= 11 is 1.66. The SMILES string of the molecule is CC(c1nccs1)N1CCC(CC(=O)O)C1. The summed E-state index contributed by atoms with van der Waals surface area (Å²) in [5.41, 5.74) is 0. The Hall–Kier alpha value is -0.940. The third-order valence-corrected chi connectivity index (χ3v) is 4.08. The van der Waals surface area contributed by atoms with Crippen molar-refractivity contribution in [3.63, 3.8) is 0 Å².